The molecule has 0 N–H and O–H groups in total. The third kappa shape index (κ3) is 5.86. The molecule has 4 rings (SSSR count). The van der Waals surface area contributed by atoms with Crippen molar-refractivity contribution in [2.45, 2.75) is 13.5 Å². The number of esters is 1. The summed E-state index contributed by atoms with van der Waals surface area (Å²) in [5.74, 6) is -1.47. The molecule has 1 fully saturated rings. The van der Waals surface area contributed by atoms with Gasteiger partial charge in [0.25, 0.3) is 5.91 Å². The third-order valence-electron chi connectivity index (χ3n) is 5.52. The Kier molecular flexibility index (Phi) is 7.77. The minimum absolute atomic E-state index is 0.0325. The average Bonchev–Trinajstić information content (AvgIpc) is 2.86. The van der Waals surface area contributed by atoms with Crippen LogP contribution >= 0.6 is 15.9 Å². The van der Waals surface area contributed by atoms with Crippen molar-refractivity contribution in [1.82, 2.24) is 4.90 Å². The molecule has 6 nitrogen and oxygen atoms in total. The average molecular weight is 546 g/mol. The number of ether oxygens (including phenoxy) is 3. The Morgan fingerprint density at radius 2 is 1.60 bits per heavy atom. The fraction of sp³-hybridized carbons (Fsp3) is 0.231. The van der Waals surface area contributed by atoms with Crippen molar-refractivity contribution in [2.75, 3.05) is 26.3 Å². The summed E-state index contributed by atoms with van der Waals surface area (Å²) in [5, 5.41) is 0. The van der Waals surface area contributed by atoms with Crippen LogP contribution in [0.1, 0.15) is 31.8 Å². The first-order valence-corrected chi connectivity index (χ1v) is 11.7. The number of amides is 1. The predicted octanol–water partition coefficient (Wildman–Crippen LogP) is 5.31. The van der Waals surface area contributed by atoms with E-state index in [0.717, 1.165) is 0 Å². The van der Waals surface area contributed by atoms with Gasteiger partial charge in [-0.3, -0.25) is 4.79 Å². The van der Waals surface area contributed by atoms with E-state index in [9.17, 15) is 18.4 Å². The van der Waals surface area contributed by atoms with Gasteiger partial charge in [-0.05, 0) is 70.9 Å². The number of benzene rings is 3. The van der Waals surface area contributed by atoms with E-state index in [2.05, 4.69) is 15.9 Å². The van der Waals surface area contributed by atoms with Crippen molar-refractivity contribution in [1.29, 1.82) is 0 Å². The third-order valence-corrected chi connectivity index (χ3v) is 6.15. The summed E-state index contributed by atoms with van der Waals surface area (Å²) < 4.78 is 43.7. The molecule has 0 saturated carbocycles. The zero-order valence-corrected chi connectivity index (χ0v) is 20.4. The van der Waals surface area contributed by atoms with Crippen LogP contribution in [0.2, 0.25) is 0 Å². The Labute approximate surface area is 209 Å². The number of carbonyl (C=O) groups excluding carboxylic acids is 2. The summed E-state index contributed by atoms with van der Waals surface area (Å²) >= 11 is 3.43. The maximum absolute atomic E-state index is 13.3. The Morgan fingerprint density at radius 3 is 2.23 bits per heavy atom. The highest BCUT2D eigenvalue weighted by Gasteiger charge is 2.28. The van der Waals surface area contributed by atoms with E-state index in [-0.39, 0.29) is 35.4 Å². The van der Waals surface area contributed by atoms with Gasteiger partial charge in [0.15, 0.2) is 0 Å². The quantitative estimate of drug-likeness (QED) is 0.310. The molecule has 35 heavy (non-hydrogen) atoms. The lowest BCUT2D eigenvalue weighted by molar-refractivity contribution is 0.0301. The van der Waals surface area contributed by atoms with Crippen LogP contribution in [0.3, 0.4) is 0 Å². The van der Waals surface area contributed by atoms with Crippen LogP contribution in [0.4, 0.5) is 8.78 Å². The van der Waals surface area contributed by atoms with Crippen molar-refractivity contribution >= 4 is 27.8 Å². The smallest absolute Gasteiger partial charge is 0.347 e. The van der Waals surface area contributed by atoms with Gasteiger partial charge in [-0.2, -0.15) is 0 Å². The molecular weight excluding hydrogens is 524 g/mol. The lowest BCUT2D eigenvalue weighted by atomic mass is 10.0. The highest BCUT2D eigenvalue weighted by atomic mass is 79.9. The van der Waals surface area contributed by atoms with Crippen LogP contribution in [0.5, 0.6) is 11.5 Å². The van der Waals surface area contributed by atoms with E-state index < -0.39 is 11.8 Å². The maximum atomic E-state index is 13.3. The predicted molar refractivity (Wildman–Crippen MR) is 128 cm³/mol. The minimum atomic E-state index is -0.736. The van der Waals surface area contributed by atoms with Gasteiger partial charge in [-0.25, -0.2) is 13.6 Å². The number of hydrogen-bond donors (Lipinski definition) is 0. The summed E-state index contributed by atoms with van der Waals surface area (Å²) in [4.78, 5) is 28.1. The van der Waals surface area contributed by atoms with E-state index in [1.807, 2.05) is 0 Å². The summed E-state index contributed by atoms with van der Waals surface area (Å²) in [6, 6.07) is 12.3. The van der Waals surface area contributed by atoms with Gasteiger partial charge in [0.05, 0.1) is 18.8 Å². The maximum Gasteiger partial charge on any atom is 0.347 e. The fourth-order valence-electron chi connectivity index (χ4n) is 3.68. The molecule has 3 aromatic carbocycles. The number of morpholine rings is 1. The first-order valence-electron chi connectivity index (χ1n) is 10.9. The topological polar surface area (TPSA) is 65.1 Å². The van der Waals surface area contributed by atoms with Crippen LogP contribution in [0.15, 0.2) is 59.1 Å². The zero-order valence-electron chi connectivity index (χ0n) is 18.9. The van der Waals surface area contributed by atoms with E-state index >= 15 is 0 Å². The van der Waals surface area contributed by atoms with Gasteiger partial charge in [0.2, 0.25) is 0 Å². The Bertz CT molecular complexity index is 1230. The molecule has 0 bridgehead atoms. The Hall–Kier alpha value is -3.30. The minimum Gasteiger partial charge on any atom is -0.488 e. The summed E-state index contributed by atoms with van der Waals surface area (Å²) in [6.45, 7) is 3.50. The monoisotopic (exact) mass is 545 g/mol. The van der Waals surface area contributed by atoms with Gasteiger partial charge in [0.1, 0.15) is 35.3 Å². The van der Waals surface area contributed by atoms with Crippen LogP contribution in [-0.2, 0) is 11.3 Å². The molecule has 9 heteroatoms. The summed E-state index contributed by atoms with van der Waals surface area (Å²) in [6.07, 6.45) is 0. The molecule has 0 atom stereocenters. The van der Waals surface area contributed by atoms with Gasteiger partial charge in [-0.1, -0.05) is 12.1 Å². The lowest BCUT2D eigenvalue weighted by Crippen LogP contribution is -2.41. The van der Waals surface area contributed by atoms with E-state index in [1.54, 1.807) is 24.0 Å². The number of halogens is 3. The van der Waals surface area contributed by atoms with Crippen LogP contribution in [0, 0.1) is 18.6 Å². The number of nitrogens with zero attached hydrogens (tertiary/aromatic N) is 1. The fourth-order valence-corrected chi connectivity index (χ4v) is 4.38. The first-order chi connectivity index (χ1) is 16.8. The highest BCUT2D eigenvalue weighted by Crippen LogP contribution is 2.35. The molecule has 1 aliphatic rings. The molecule has 0 radical (unpaired) electrons. The molecule has 1 saturated heterocycles. The zero-order chi connectivity index (χ0) is 24.9. The van der Waals surface area contributed by atoms with Crippen LogP contribution < -0.4 is 9.47 Å². The van der Waals surface area contributed by atoms with Crippen molar-refractivity contribution in [3.05, 3.63) is 93.0 Å². The Balaban J connectivity index is 1.70. The van der Waals surface area contributed by atoms with Gasteiger partial charge < -0.3 is 19.1 Å². The molecule has 1 amide bonds. The molecular formula is C26H22BrF2NO5. The highest BCUT2D eigenvalue weighted by molar-refractivity contribution is 9.10. The summed E-state index contributed by atoms with van der Waals surface area (Å²) in [5.41, 5.74) is 1.57. The number of rotatable bonds is 6. The van der Waals surface area contributed by atoms with Crippen molar-refractivity contribution < 1.29 is 32.6 Å². The molecule has 182 valence electrons. The molecule has 1 heterocycles. The molecule has 0 aliphatic carbocycles. The summed E-state index contributed by atoms with van der Waals surface area (Å²) in [7, 11) is 0. The van der Waals surface area contributed by atoms with Crippen molar-refractivity contribution in [2.24, 2.45) is 0 Å². The Morgan fingerprint density at radius 1 is 1.00 bits per heavy atom. The lowest BCUT2D eigenvalue weighted by Gasteiger charge is -2.28. The van der Waals surface area contributed by atoms with E-state index in [0.29, 0.717) is 47.5 Å². The van der Waals surface area contributed by atoms with Gasteiger partial charge >= 0.3 is 5.97 Å². The molecule has 0 spiro atoms. The second-order valence-corrected chi connectivity index (χ2v) is 8.75. The molecule has 1 aliphatic heterocycles. The largest absolute Gasteiger partial charge is 0.488 e. The number of hydrogen-bond acceptors (Lipinski definition) is 5. The van der Waals surface area contributed by atoms with Crippen molar-refractivity contribution in [3.63, 3.8) is 0 Å². The second kappa shape index (κ2) is 11.0. The standard InChI is InChI=1S/C26H22BrF2NO5/c1-16-23(25(31)30-10-12-33-13-11-30)22(27)14-21(26(32)35-20-8-6-19(29)7-9-20)24(16)34-15-17-2-4-18(28)5-3-17/h2-9,14H,10-13,15H2,1H3. The van der Waals surface area contributed by atoms with E-state index in [4.69, 9.17) is 14.2 Å². The van der Waals surface area contributed by atoms with Crippen LogP contribution in [0.25, 0.3) is 0 Å². The first kappa shape index (κ1) is 24.8. The van der Waals surface area contributed by atoms with Crippen LogP contribution in [-0.4, -0.2) is 43.1 Å². The molecule has 0 unspecified atom stereocenters. The molecule has 0 aromatic heterocycles. The molecule has 3 aromatic rings. The van der Waals surface area contributed by atoms with Gasteiger partial charge in [-0.15, -0.1) is 0 Å². The van der Waals surface area contributed by atoms with E-state index in [1.165, 1.54) is 42.5 Å². The van der Waals surface area contributed by atoms with Gasteiger partial charge in [0, 0.05) is 23.1 Å². The normalized spacial score (nSPS) is 13.4. The van der Waals surface area contributed by atoms with Crippen molar-refractivity contribution in [3.8, 4) is 11.5 Å². The number of carbonyl (C=O) groups is 2. The second-order valence-electron chi connectivity index (χ2n) is 7.90. The SMILES string of the molecule is Cc1c(OCc2ccc(F)cc2)c(C(=O)Oc2ccc(F)cc2)cc(Br)c1C(=O)N1CCOCC1.